The Labute approximate surface area is 160 Å². The molecule has 1 amide bonds. The number of aromatic nitrogens is 2. The maximum atomic E-state index is 13.6. The Morgan fingerprint density at radius 2 is 2.11 bits per heavy atom. The molecular weight excluding hydrogens is 359 g/mol. The lowest BCUT2D eigenvalue weighted by Crippen LogP contribution is -2.39. The van der Waals surface area contributed by atoms with E-state index in [-0.39, 0.29) is 11.5 Å². The number of nitriles is 1. The van der Waals surface area contributed by atoms with E-state index < -0.39 is 17.3 Å². The van der Waals surface area contributed by atoms with Crippen LogP contribution in [0.15, 0.2) is 47.4 Å². The summed E-state index contributed by atoms with van der Waals surface area (Å²) >= 11 is 0. The molecule has 0 radical (unpaired) electrons. The zero-order valence-corrected chi connectivity index (χ0v) is 15.1. The van der Waals surface area contributed by atoms with Gasteiger partial charge in [-0.3, -0.25) is 14.6 Å². The van der Waals surface area contributed by atoms with Crippen molar-refractivity contribution in [1.82, 2.24) is 15.3 Å². The third-order valence-electron chi connectivity index (χ3n) is 5.21. The highest BCUT2D eigenvalue weighted by molar-refractivity contribution is 5.92. The topological polar surface area (TPSA) is 98.6 Å². The molecule has 1 aromatic carbocycles. The van der Waals surface area contributed by atoms with Crippen LogP contribution < -0.4 is 10.9 Å². The van der Waals surface area contributed by atoms with E-state index in [1.54, 1.807) is 25.1 Å². The number of rotatable bonds is 4. The van der Waals surface area contributed by atoms with Gasteiger partial charge in [-0.05, 0) is 56.2 Å². The molecule has 1 atom stereocenters. The monoisotopic (exact) mass is 376 g/mol. The van der Waals surface area contributed by atoms with Crippen molar-refractivity contribution in [3.63, 3.8) is 0 Å². The van der Waals surface area contributed by atoms with Gasteiger partial charge in [0.05, 0.1) is 28.8 Å². The highest BCUT2D eigenvalue weighted by Crippen LogP contribution is 2.47. The largest absolute Gasteiger partial charge is 0.347 e. The molecule has 3 aromatic rings. The van der Waals surface area contributed by atoms with Crippen molar-refractivity contribution >= 4 is 16.8 Å². The van der Waals surface area contributed by atoms with Crippen LogP contribution in [0.5, 0.6) is 0 Å². The molecule has 0 saturated heterocycles. The van der Waals surface area contributed by atoms with Crippen molar-refractivity contribution in [3.05, 3.63) is 75.6 Å². The Balaban J connectivity index is 1.64. The summed E-state index contributed by atoms with van der Waals surface area (Å²) < 4.78 is 13.6. The first-order valence-electron chi connectivity index (χ1n) is 8.93. The number of nitrogens with one attached hydrogen (secondary N) is 2. The molecule has 0 unspecified atom stereocenters. The summed E-state index contributed by atoms with van der Waals surface area (Å²) in [5.41, 5.74) is 0.628. The molecule has 1 aliphatic carbocycles. The summed E-state index contributed by atoms with van der Waals surface area (Å²) in [6.07, 6.45) is 2.61. The zero-order chi connectivity index (χ0) is 19.9. The molecule has 2 N–H and O–H groups in total. The van der Waals surface area contributed by atoms with Gasteiger partial charge in [0, 0.05) is 22.7 Å². The molecular formula is C21H17FN4O2. The van der Waals surface area contributed by atoms with Crippen molar-refractivity contribution in [2.45, 2.75) is 31.2 Å². The first-order valence-corrected chi connectivity index (χ1v) is 8.93. The first kappa shape index (κ1) is 17.9. The SMILES string of the molecule is C[C@H](NC(=O)C1(c2cc3cc(F)ccc3[nH]c2=O)CC1)c1cc(C#N)ccn1. The van der Waals surface area contributed by atoms with Gasteiger partial charge in [0.15, 0.2) is 0 Å². The number of nitrogens with zero attached hydrogens (tertiary/aromatic N) is 2. The van der Waals surface area contributed by atoms with Gasteiger partial charge in [0.2, 0.25) is 5.91 Å². The molecule has 1 saturated carbocycles. The van der Waals surface area contributed by atoms with E-state index in [4.69, 9.17) is 5.26 Å². The second-order valence-electron chi connectivity index (χ2n) is 7.10. The number of halogens is 1. The molecule has 7 heteroatoms. The normalized spacial score (nSPS) is 15.6. The van der Waals surface area contributed by atoms with E-state index in [2.05, 4.69) is 15.3 Å². The van der Waals surface area contributed by atoms with Gasteiger partial charge >= 0.3 is 0 Å². The fourth-order valence-electron chi connectivity index (χ4n) is 3.44. The lowest BCUT2D eigenvalue weighted by atomic mass is 9.94. The van der Waals surface area contributed by atoms with Gasteiger partial charge < -0.3 is 10.3 Å². The van der Waals surface area contributed by atoms with E-state index in [1.807, 2.05) is 6.07 Å². The Morgan fingerprint density at radius 1 is 1.32 bits per heavy atom. The third kappa shape index (κ3) is 3.03. The first-order chi connectivity index (χ1) is 13.4. The molecule has 0 spiro atoms. The van der Waals surface area contributed by atoms with Crippen molar-refractivity contribution in [2.75, 3.05) is 0 Å². The smallest absolute Gasteiger partial charge is 0.252 e. The number of amides is 1. The fraction of sp³-hybridized carbons (Fsp3) is 0.238. The predicted octanol–water partition coefficient (Wildman–Crippen LogP) is 2.84. The van der Waals surface area contributed by atoms with Gasteiger partial charge in [-0.1, -0.05) is 0 Å². The molecule has 1 aliphatic rings. The van der Waals surface area contributed by atoms with E-state index >= 15 is 0 Å². The summed E-state index contributed by atoms with van der Waals surface area (Å²) in [7, 11) is 0. The Morgan fingerprint density at radius 3 is 2.82 bits per heavy atom. The number of H-pyrrole nitrogens is 1. The average Bonchev–Trinajstić information content (AvgIpc) is 3.49. The van der Waals surface area contributed by atoms with E-state index in [0.29, 0.717) is 40.6 Å². The summed E-state index contributed by atoms with van der Waals surface area (Å²) in [5.74, 6) is -0.678. The number of hydrogen-bond donors (Lipinski definition) is 2. The van der Waals surface area contributed by atoms with Crippen LogP contribution in [0, 0.1) is 17.1 Å². The van der Waals surface area contributed by atoms with Crippen LogP contribution in [0.2, 0.25) is 0 Å². The summed E-state index contributed by atoms with van der Waals surface area (Å²) in [5, 5.41) is 12.5. The van der Waals surface area contributed by atoms with Crippen LogP contribution in [0.1, 0.15) is 42.6 Å². The number of fused-ring (bicyclic) bond motifs is 1. The number of hydrogen-bond acceptors (Lipinski definition) is 4. The lowest BCUT2D eigenvalue weighted by Gasteiger charge is -2.19. The quantitative estimate of drug-likeness (QED) is 0.731. The Hall–Kier alpha value is -3.53. The lowest BCUT2D eigenvalue weighted by molar-refractivity contribution is -0.124. The van der Waals surface area contributed by atoms with Crippen molar-refractivity contribution in [3.8, 4) is 6.07 Å². The summed E-state index contributed by atoms with van der Waals surface area (Å²) in [6.45, 7) is 1.78. The van der Waals surface area contributed by atoms with E-state index in [9.17, 15) is 14.0 Å². The second kappa shape index (κ2) is 6.57. The molecule has 28 heavy (non-hydrogen) atoms. The van der Waals surface area contributed by atoms with Crippen LogP contribution in [-0.2, 0) is 10.2 Å². The van der Waals surface area contributed by atoms with E-state index in [0.717, 1.165) is 0 Å². The highest BCUT2D eigenvalue weighted by atomic mass is 19.1. The van der Waals surface area contributed by atoms with Crippen LogP contribution in [0.3, 0.4) is 0 Å². The van der Waals surface area contributed by atoms with E-state index in [1.165, 1.54) is 24.4 Å². The minimum absolute atomic E-state index is 0.273. The van der Waals surface area contributed by atoms with Crippen LogP contribution in [-0.4, -0.2) is 15.9 Å². The van der Waals surface area contributed by atoms with Crippen LogP contribution >= 0.6 is 0 Å². The molecule has 0 bridgehead atoms. The molecule has 0 aliphatic heterocycles. The van der Waals surface area contributed by atoms with Crippen LogP contribution in [0.25, 0.3) is 10.9 Å². The van der Waals surface area contributed by atoms with Gasteiger partial charge in [-0.15, -0.1) is 0 Å². The fourth-order valence-corrected chi connectivity index (χ4v) is 3.44. The molecule has 6 nitrogen and oxygen atoms in total. The molecule has 2 aromatic heterocycles. The number of carbonyl (C=O) groups is 1. The predicted molar refractivity (Wildman–Crippen MR) is 101 cm³/mol. The number of pyridine rings is 2. The molecule has 140 valence electrons. The molecule has 1 fully saturated rings. The van der Waals surface area contributed by atoms with Crippen LogP contribution in [0.4, 0.5) is 4.39 Å². The van der Waals surface area contributed by atoms with Gasteiger partial charge in [-0.2, -0.15) is 5.26 Å². The maximum absolute atomic E-state index is 13.6. The minimum Gasteiger partial charge on any atom is -0.347 e. The summed E-state index contributed by atoms with van der Waals surface area (Å²) in [6, 6.07) is 10.6. The molecule has 2 heterocycles. The van der Waals surface area contributed by atoms with Crippen molar-refractivity contribution in [2.24, 2.45) is 0 Å². The Bertz CT molecular complexity index is 1190. The van der Waals surface area contributed by atoms with Crippen molar-refractivity contribution in [1.29, 1.82) is 5.26 Å². The highest BCUT2D eigenvalue weighted by Gasteiger charge is 2.53. The molecule has 4 rings (SSSR count). The van der Waals surface area contributed by atoms with Crippen molar-refractivity contribution < 1.29 is 9.18 Å². The number of benzene rings is 1. The zero-order valence-electron chi connectivity index (χ0n) is 15.1. The second-order valence-corrected chi connectivity index (χ2v) is 7.10. The number of carbonyl (C=O) groups excluding carboxylic acids is 1. The average molecular weight is 376 g/mol. The standard InChI is InChI=1S/C21H17FN4O2/c1-12(18-8-13(11-23)4-7-24-18)25-20(28)21(5-6-21)16-10-14-9-15(22)2-3-17(14)26-19(16)27/h2-4,7-10,12H,5-6H2,1H3,(H,25,28)(H,26,27)/t12-/m0/s1. The minimum atomic E-state index is -0.921. The van der Waals surface area contributed by atoms with Gasteiger partial charge in [0.25, 0.3) is 5.56 Å². The van der Waals surface area contributed by atoms with Gasteiger partial charge in [0.1, 0.15) is 5.82 Å². The van der Waals surface area contributed by atoms with Gasteiger partial charge in [-0.25, -0.2) is 4.39 Å². The number of aromatic amines is 1. The maximum Gasteiger partial charge on any atom is 0.252 e. The third-order valence-corrected chi connectivity index (χ3v) is 5.21. The summed E-state index contributed by atoms with van der Waals surface area (Å²) in [4.78, 5) is 32.5. The Kier molecular flexibility index (Phi) is 4.19.